The standard InChI is InChI=1S/C30H33P/c1-4-5-6-7-8-9-10-19-30(24-13-15-25(31)16-14-24)28-20-22(2)11-17-26(28)27-18-12-23(3)21-29(27)30/h4-6,11-18,20-21H,1,7-10,19,31H2,2-3H3/b6-5-. The van der Waals surface area contributed by atoms with Crippen molar-refractivity contribution in [3.8, 4) is 11.1 Å². The van der Waals surface area contributed by atoms with Crippen LogP contribution in [0.15, 0.2) is 85.5 Å². The first kappa shape index (κ1) is 21.8. The lowest BCUT2D eigenvalue weighted by Gasteiger charge is -2.34. The van der Waals surface area contributed by atoms with Crippen LogP contribution in [0.4, 0.5) is 0 Å². The number of hydrogen-bond acceptors (Lipinski definition) is 0. The molecule has 1 heteroatoms. The molecule has 158 valence electrons. The first-order valence-electron chi connectivity index (χ1n) is 11.4. The minimum absolute atomic E-state index is 0.0714. The maximum Gasteiger partial charge on any atom is 0.0463 e. The van der Waals surface area contributed by atoms with Gasteiger partial charge in [0.25, 0.3) is 0 Å². The van der Waals surface area contributed by atoms with E-state index in [0.717, 1.165) is 12.8 Å². The number of fused-ring (bicyclic) bond motifs is 3. The Kier molecular flexibility index (Phi) is 6.59. The Balaban J connectivity index is 1.79. The molecule has 1 unspecified atom stereocenters. The zero-order chi connectivity index (χ0) is 21.8. The van der Waals surface area contributed by atoms with Gasteiger partial charge in [-0.25, -0.2) is 0 Å². The van der Waals surface area contributed by atoms with Gasteiger partial charge in [0.05, 0.1) is 0 Å². The summed E-state index contributed by atoms with van der Waals surface area (Å²) in [4.78, 5) is 0. The molecule has 0 spiro atoms. The van der Waals surface area contributed by atoms with Gasteiger partial charge in [-0.3, -0.25) is 0 Å². The summed E-state index contributed by atoms with van der Waals surface area (Å²) in [6.07, 6.45) is 12.1. The Morgan fingerprint density at radius 2 is 1.42 bits per heavy atom. The lowest BCUT2D eigenvalue weighted by atomic mass is 9.69. The molecule has 3 aromatic carbocycles. The summed E-state index contributed by atoms with van der Waals surface area (Å²) < 4.78 is 0. The van der Waals surface area contributed by atoms with Crippen LogP contribution in [0.2, 0.25) is 0 Å². The molecule has 0 amide bonds. The molecule has 0 aliphatic heterocycles. The van der Waals surface area contributed by atoms with Crippen molar-refractivity contribution < 1.29 is 0 Å². The summed E-state index contributed by atoms with van der Waals surface area (Å²) in [5.41, 5.74) is 9.80. The van der Waals surface area contributed by atoms with Gasteiger partial charge < -0.3 is 0 Å². The maximum absolute atomic E-state index is 3.76. The summed E-state index contributed by atoms with van der Waals surface area (Å²) in [5, 5.41) is 1.24. The number of hydrogen-bond donors (Lipinski definition) is 0. The van der Waals surface area contributed by atoms with Crippen LogP contribution in [-0.4, -0.2) is 0 Å². The highest BCUT2D eigenvalue weighted by Crippen LogP contribution is 2.55. The van der Waals surface area contributed by atoms with Crippen molar-refractivity contribution in [1.29, 1.82) is 0 Å². The highest BCUT2D eigenvalue weighted by Gasteiger charge is 2.44. The molecule has 3 aromatic rings. The summed E-state index contributed by atoms with van der Waals surface area (Å²) in [6, 6.07) is 23.2. The van der Waals surface area contributed by atoms with Crippen LogP contribution in [0.5, 0.6) is 0 Å². The average Bonchev–Trinajstić information content (AvgIpc) is 3.03. The summed E-state index contributed by atoms with van der Waals surface area (Å²) >= 11 is 0. The van der Waals surface area contributed by atoms with Gasteiger partial charge in [0.15, 0.2) is 0 Å². The maximum atomic E-state index is 3.76. The van der Waals surface area contributed by atoms with E-state index < -0.39 is 0 Å². The predicted octanol–water partition coefficient (Wildman–Crippen LogP) is 7.81. The molecule has 0 saturated heterocycles. The summed E-state index contributed by atoms with van der Waals surface area (Å²) in [7, 11) is 2.83. The van der Waals surface area contributed by atoms with Gasteiger partial charge in [-0.05, 0) is 66.2 Å². The summed E-state index contributed by atoms with van der Waals surface area (Å²) in [5.74, 6) is 0. The largest absolute Gasteiger partial charge is 0.106 e. The topological polar surface area (TPSA) is 0 Å². The Bertz CT molecular complexity index is 1050. The number of aryl methyl sites for hydroxylation is 2. The van der Waals surface area contributed by atoms with E-state index in [1.807, 2.05) is 6.08 Å². The third-order valence-corrected chi connectivity index (χ3v) is 7.04. The average molecular weight is 425 g/mol. The number of allylic oxidation sites excluding steroid dienone is 3. The molecule has 0 bridgehead atoms. The highest BCUT2D eigenvalue weighted by molar-refractivity contribution is 7.27. The van der Waals surface area contributed by atoms with Crippen LogP contribution in [-0.2, 0) is 5.41 Å². The molecule has 31 heavy (non-hydrogen) atoms. The molecule has 0 radical (unpaired) electrons. The molecule has 1 atom stereocenters. The van der Waals surface area contributed by atoms with E-state index in [-0.39, 0.29) is 5.41 Å². The Morgan fingerprint density at radius 1 is 0.806 bits per heavy atom. The van der Waals surface area contributed by atoms with E-state index in [2.05, 4.69) is 102 Å². The van der Waals surface area contributed by atoms with Crippen molar-refractivity contribution in [2.45, 2.75) is 51.4 Å². The predicted molar refractivity (Wildman–Crippen MR) is 139 cm³/mol. The molecule has 0 saturated carbocycles. The van der Waals surface area contributed by atoms with Crippen molar-refractivity contribution in [2.24, 2.45) is 0 Å². The van der Waals surface area contributed by atoms with Crippen LogP contribution in [0.3, 0.4) is 0 Å². The fourth-order valence-corrected chi connectivity index (χ4v) is 5.34. The van der Waals surface area contributed by atoms with Gasteiger partial charge in [0.2, 0.25) is 0 Å². The fraction of sp³-hybridized carbons (Fsp3) is 0.267. The van der Waals surface area contributed by atoms with E-state index in [4.69, 9.17) is 0 Å². The molecule has 1 aliphatic carbocycles. The van der Waals surface area contributed by atoms with Gasteiger partial charge in [0.1, 0.15) is 0 Å². The van der Waals surface area contributed by atoms with Crippen LogP contribution >= 0.6 is 9.24 Å². The van der Waals surface area contributed by atoms with E-state index in [9.17, 15) is 0 Å². The third kappa shape index (κ3) is 4.19. The van der Waals surface area contributed by atoms with Gasteiger partial charge in [-0.2, -0.15) is 0 Å². The quantitative estimate of drug-likeness (QED) is 0.196. The Morgan fingerprint density at radius 3 is 2.00 bits per heavy atom. The molecule has 0 nitrogen and oxygen atoms in total. The zero-order valence-corrected chi connectivity index (χ0v) is 20.0. The SMILES string of the molecule is C=C/C=C\CCCCCC1(c2ccc(P)cc2)c2cc(C)ccc2-c2ccc(C)cc21. The van der Waals surface area contributed by atoms with E-state index in [1.54, 1.807) is 0 Å². The number of rotatable bonds is 8. The van der Waals surface area contributed by atoms with Gasteiger partial charge in [-0.1, -0.05) is 109 Å². The third-order valence-electron chi connectivity index (χ3n) is 6.66. The molecular weight excluding hydrogens is 391 g/mol. The number of unbranched alkanes of at least 4 members (excludes halogenated alkanes) is 3. The lowest BCUT2D eigenvalue weighted by Crippen LogP contribution is -2.27. The van der Waals surface area contributed by atoms with E-state index in [1.165, 1.54) is 63.5 Å². The van der Waals surface area contributed by atoms with Crippen LogP contribution < -0.4 is 5.30 Å². The van der Waals surface area contributed by atoms with Gasteiger partial charge >= 0.3 is 0 Å². The van der Waals surface area contributed by atoms with Crippen LogP contribution in [0.1, 0.15) is 59.9 Å². The molecule has 1 aliphatic rings. The van der Waals surface area contributed by atoms with Gasteiger partial charge in [0, 0.05) is 5.41 Å². The molecule has 4 rings (SSSR count). The molecule has 0 N–H and O–H groups in total. The molecule has 0 heterocycles. The van der Waals surface area contributed by atoms with Gasteiger partial charge in [-0.15, -0.1) is 9.24 Å². The Labute approximate surface area is 190 Å². The highest BCUT2D eigenvalue weighted by atomic mass is 31.0. The van der Waals surface area contributed by atoms with Crippen molar-refractivity contribution >= 4 is 14.5 Å². The second-order valence-corrected chi connectivity index (χ2v) is 9.56. The van der Waals surface area contributed by atoms with Crippen LogP contribution in [0.25, 0.3) is 11.1 Å². The second-order valence-electron chi connectivity index (χ2n) is 8.89. The second kappa shape index (κ2) is 9.37. The van der Waals surface area contributed by atoms with E-state index in [0.29, 0.717) is 0 Å². The normalized spacial score (nSPS) is 13.9. The lowest BCUT2D eigenvalue weighted by molar-refractivity contribution is 0.519. The van der Waals surface area contributed by atoms with Crippen molar-refractivity contribution in [1.82, 2.24) is 0 Å². The minimum atomic E-state index is -0.0714. The van der Waals surface area contributed by atoms with Crippen molar-refractivity contribution in [3.63, 3.8) is 0 Å². The van der Waals surface area contributed by atoms with Crippen molar-refractivity contribution in [2.75, 3.05) is 0 Å². The minimum Gasteiger partial charge on any atom is -0.106 e. The monoisotopic (exact) mass is 424 g/mol. The fourth-order valence-electron chi connectivity index (χ4n) is 5.15. The summed E-state index contributed by atoms with van der Waals surface area (Å²) in [6.45, 7) is 8.20. The zero-order valence-electron chi connectivity index (χ0n) is 18.8. The molecule has 0 fully saturated rings. The number of benzene rings is 3. The smallest absolute Gasteiger partial charge is 0.0463 e. The first-order valence-corrected chi connectivity index (χ1v) is 12.0. The molecule has 0 aromatic heterocycles. The Hall–Kier alpha value is -2.43. The molecular formula is C30H33P. The van der Waals surface area contributed by atoms with E-state index >= 15 is 0 Å². The first-order chi connectivity index (χ1) is 15.1. The van der Waals surface area contributed by atoms with Crippen LogP contribution in [0, 0.1) is 13.8 Å². The van der Waals surface area contributed by atoms with Crippen molar-refractivity contribution in [3.05, 3.63) is 113 Å².